The number of halogens is 2. The second-order valence-corrected chi connectivity index (χ2v) is 13.6. The molecular formula is C31H30F2N4O4S2. The third-order valence-corrected chi connectivity index (χ3v) is 9.82. The number of sulfonamides is 1. The van der Waals surface area contributed by atoms with Gasteiger partial charge in [-0.05, 0) is 79.8 Å². The molecule has 3 N–H and O–H groups in total. The number of rotatable bonds is 10. The molecule has 12 heteroatoms. The Morgan fingerprint density at radius 1 is 1.09 bits per heavy atom. The van der Waals surface area contributed by atoms with Crippen LogP contribution < -0.4 is 5.14 Å². The molecule has 2 fully saturated rings. The zero-order valence-corrected chi connectivity index (χ0v) is 24.8. The van der Waals surface area contributed by atoms with Gasteiger partial charge in [-0.15, -0.1) is 11.3 Å². The van der Waals surface area contributed by atoms with Crippen molar-refractivity contribution in [3.05, 3.63) is 87.6 Å². The minimum atomic E-state index is -4.24. The van der Waals surface area contributed by atoms with Crippen LogP contribution in [0.25, 0.3) is 22.5 Å². The van der Waals surface area contributed by atoms with Gasteiger partial charge in [-0.3, -0.25) is 0 Å². The van der Waals surface area contributed by atoms with E-state index in [4.69, 9.17) is 10.2 Å². The molecule has 0 amide bonds. The largest absolute Gasteiger partial charge is 0.476 e. The maximum absolute atomic E-state index is 15.0. The van der Waals surface area contributed by atoms with E-state index < -0.39 is 26.7 Å². The fourth-order valence-electron chi connectivity index (χ4n) is 5.62. The molecule has 0 spiro atoms. The van der Waals surface area contributed by atoms with Gasteiger partial charge in [0.1, 0.15) is 16.5 Å². The summed E-state index contributed by atoms with van der Waals surface area (Å²) in [5, 5.41) is 21.4. The standard InChI is InChI=1S/C31H30F2N4O4S2/c32-24-11-10-22(16-21(24)9-7-18-3-1-2-4-18)29-23(13-20-8-12-28(25(33)14-20)43(34,40)41)27(15-19-5-6-19)37(36-29)31-35-26(17-42-31)30(38)39/h7-12,14,16-19H,1-6,13,15H2,(H,38,39)(H2,34,40,41)/b9-7+. The van der Waals surface area contributed by atoms with Crippen LogP contribution in [0.4, 0.5) is 8.78 Å². The lowest BCUT2D eigenvalue weighted by molar-refractivity contribution is 0.0691. The van der Waals surface area contributed by atoms with Crippen LogP contribution in [0.2, 0.25) is 0 Å². The Labute approximate surface area is 252 Å². The van der Waals surface area contributed by atoms with Crippen molar-refractivity contribution in [1.82, 2.24) is 14.8 Å². The molecule has 2 heterocycles. The van der Waals surface area contributed by atoms with Crippen LogP contribution in [0.1, 0.15) is 71.4 Å². The summed E-state index contributed by atoms with van der Waals surface area (Å²) in [4.78, 5) is 15.3. The number of primary sulfonamides is 1. The third-order valence-electron chi connectivity index (χ3n) is 8.06. The average Bonchev–Trinajstić information content (AvgIpc) is 3.30. The van der Waals surface area contributed by atoms with Crippen molar-refractivity contribution in [2.45, 2.75) is 56.3 Å². The molecule has 2 aromatic heterocycles. The number of nitrogens with zero attached hydrogens (tertiary/aromatic N) is 3. The maximum atomic E-state index is 15.0. The second-order valence-electron chi connectivity index (χ2n) is 11.3. The van der Waals surface area contributed by atoms with Gasteiger partial charge in [0.2, 0.25) is 15.2 Å². The quantitative estimate of drug-likeness (QED) is 0.211. The Bertz CT molecular complexity index is 1840. The lowest BCUT2D eigenvalue weighted by atomic mass is 9.95. The molecule has 2 aliphatic carbocycles. The van der Waals surface area contributed by atoms with Gasteiger partial charge in [0.25, 0.3) is 0 Å². The van der Waals surface area contributed by atoms with E-state index in [1.54, 1.807) is 16.8 Å². The molecule has 2 aliphatic rings. The molecule has 0 aliphatic heterocycles. The van der Waals surface area contributed by atoms with Gasteiger partial charge in [0, 0.05) is 28.5 Å². The number of carbonyl (C=O) groups is 1. The SMILES string of the molecule is NS(=O)(=O)c1ccc(Cc2c(-c3ccc(F)c(/C=C/C4CCCC4)c3)nn(-c3nc(C(=O)O)cs3)c2CC2CC2)cc1F. The third kappa shape index (κ3) is 6.46. The van der Waals surface area contributed by atoms with E-state index in [-0.39, 0.29) is 17.9 Å². The first-order valence-electron chi connectivity index (χ1n) is 14.2. The molecule has 2 aromatic carbocycles. The number of allylic oxidation sites excluding steroid dienone is 1. The van der Waals surface area contributed by atoms with Crippen LogP contribution in [-0.4, -0.2) is 34.3 Å². The number of carboxylic acid groups (broad SMARTS) is 1. The highest BCUT2D eigenvalue weighted by Crippen LogP contribution is 2.39. The highest BCUT2D eigenvalue weighted by molar-refractivity contribution is 7.89. The number of hydrogen-bond donors (Lipinski definition) is 2. The summed E-state index contributed by atoms with van der Waals surface area (Å²) >= 11 is 1.15. The zero-order chi connectivity index (χ0) is 30.3. The van der Waals surface area contributed by atoms with Crippen LogP contribution in [0.15, 0.2) is 52.7 Å². The topological polar surface area (TPSA) is 128 Å². The Morgan fingerprint density at radius 2 is 1.86 bits per heavy atom. The number of carboxylic acids is 1. The van der Waals surface area contributed by atoms with Crippen LogP contribution >= 0.6 is 11.3 Å². The smallest absolute Gasteiger partial charge is 0.355 e. The van der Waals surface area contributed by atoms with Crippen molar-refractivity contribution >= 4 is 33.4 Å². The summed E-state index contributed by atoms with van der Waals surface area (Å²) in [6, 6.07) is 8.60. The molecular weight excluding hydrogens is 594 g/mol. The van der Waals surface area contributed by atoms with Crippen LogP contribution in [-0.2, 0) is 22.9 Å². The van der Waals surface area contributed by atoms with Crippen LogP contribution in [0, 0.1) is 23.5 Å². The van der Waals surface area contributed by atoms with Crippen LogP contribution in [0.3, 0.4) is 0 Å². The molecule has 8 nitrogen and oxygen atoms in total. The molecule has 0 unspecified atom stereocenters. The predicted octanol–water partition coefficient (Wildman–Crippen LogP) is 6.37. The lowest BCUT2D eigenvalue weighted by Gasteiger charge is -2.10. The van der Waals surface area contributed by atoms with Crippen molar-refractivity contribution in [2.24, 2.45) is 17.0 Å². The van der Waals surface area contributed by atoms with E-state index in [2.05, 4.69) is 11.1 Å². The van der Waals surface area contributed by atoms with Gasteiger partial charge in [0.05, 0.1) is 11.4 Å². The number of hydrogen-bond acceptors (Lipinski definition) is 6. The van der Waals surface area contributed by atoms with E-state index in [1.807, 2.05) is 6.08 Å². The Hall–Kier alpha value is -3.74. The molecule has 0 saturated heterocycles. The highest BCUT2D eigenvalue weighted by atomic mass is 32.2. The van der Waals surface area contributed by atoms with Gasteiger partial charge in [-0.2, -0.15) is 5.10 Å². The van der Waals surface area contributed by atoms with Crippen molar-refractivity contribution in [1.29, 1.82) is 0 Å². The van der Waals surface area contributed by atoms with E-state index in [9.17, 15) is 27.1 Å². The van der Waals surface area contributed by atoms with E-state index in [0.717, 1.165) is 60.4 Å². The molecule has 224 valence electrons. The normalized spacial score (nSPS) is 16.0. The summed E-state index contributed by atoms with van der Waals surface area (Å²) in [5.41, 5.74) is 3.56. The summed E-state index contributed by atoms with van der Waals surface area (Å²) in [5.74, 6) is -1.64. The first-order valence-corrected chi connectivity index (χ1v) is 16.6. The van der Waals surface area contributed by atoms with Crippen LogP contribution in [0.5, 0.6) is 0 Å². The van der Waals surface area contributed by atoms with Crippen molar-refractivity contribution in [3.63, 3.8) is 0 Å². The molecule has 0 bridgehead atoms. The monoisotopic (exact) mass is 624 g/mol. The minimum Gasteiger partial charge on any atom is -0.476 e. The molecule has 4 aromatic rings. The molecule has 43 heavy (non-hydrogen) atoms. The molecule has 0 atom stereocenters. The highest BCUT2D eigenvalue weighted by Gasteiger charge is 2.30. The van der Waals surface area contributed by atoms with Gasteiger partial charge in [-0.1, -0.05) is 31.1 Å². The number of aromatic carboxylic acids is 1. The van der Waals surface area contributed by atoms with Gasteiger partial charge < -0.3 is 5.11 Å². The molecule has 6 rings (SSSR count). The lowest BCUT2D eigenvalue weighted by Crippen LogP contribution is -2.14. The first kappa shape index (κ1) is 29.3. The Balaban J connectivity index is 1.49. The fraction of sp³-hybridized carbons (Fsp3) is 0.323. The fourth-order valence-corrected chi connectivity index (χ4v) is 6.98. The molecule has 2 saturated carbocycles. The number of thiazole rings is 1. The Morgan fingerprint density at radius 3 is 2.51 bits per heavy atom. The number of benzene rings is 2. The van der Waals surface area contributed by atoms with Gasteiger partial charge >= 0.3 is 5.97 Å². The van der Waals surface area contributed by atoms with Gasteiger partial charge in [-0.25, -0.2) is 36.8 Å². The minimum absolute atomic E-state index is 0.0993. The van der Waals surface area contributed by atoms with Gasteiger partial charge in [0.15, 0.2) is 5.69 Å². The zero-order valence-electron chi connectivity index (χ0n) is 23.2. The number of aromatic nitrogens is 3. The first-order chi connectivity index (χ1) is 20.6. The van der Waals surface area contributed by atoms with E-state index in [1.165, 1.54) is 30.4 Å². The maximum Gasteiger partial charge on any atom is 0.355 e. The van der Waals surface area contributed by atoms with Crippen molar-refractivity contribution in [3.8, 4) is 16.4 Å². The van der Waals surface area contributed by atoms with Crippen molar-refractivity contribution in [2.75, 3.05) is 0 Å². The van der Waals surface area contributed by atoms with E-state index in [0.29, 0.717) is 45.8 Å². The summed E-state index contributed by atoms with van der Waals surface area (Å²) < 4.78 is 55.0. The summed E-state index contributed by atoms with van der Waals surface area (Å²) in [7, 11) is -4.24. The second kappa shape index (κ2) is 11.7. The number of nitrogens with two attached hydrogens (primary N) is 1. The average molecular weight is 625 g/mol. The Kier molecular flexibility index (Phi) is 8.01. The molecule has 0 radical (unpaired) electrons. The summed E-state index contributed by atoms with van der Waals surface area (Å²) in [6.45, 7) is 0. The summed E-state index contributed by atoms with van der Waals surface area (Å²) in [6.07, 6.45) is 11.3. The van der Waals surface area contributed by atoms with Crippen molar-refractivity contribution < 1.29 is 27.1 Å². The predicted molar refractivity (Wildman–Crippen MR) is 160 cm³/mol. The van der Waals surface area contributed by atoms with E-state index >= 15 is 0 Å².